The number of hydrogen-bond donors (Lipinski definition) is 0. The zero-order chi connectivity index (χ0) is 6.04. The Morgan fingerprint density at radius 1 is 1.50 bits per heavy atom. The minimum absolute atomic E-state index is 0.958. The molecule has 2 heteroatoms. The second kappa shape index (κ2) is 1.86. The molecule has 0 radical (unpaired) electrons. The van der Waals surface area contributed by atoms with Crippen LogP contribution in [0.15, 0.2) is 4.99 Å². The second-order valence-electron chi connectivity index (χ2n) is 2.95. The number of aliphatic imine (C=N–C) groups is 1. The summed E-state index contributed by atoms with van der Waals surface area (Å²) in [6, 6.07) is 0. The van der Waals surface area contributed by atoms with Gasteiger partial charge in [-0.2, -0.15) is 0 Å². The molecule has 0 bridgehead atoms. The van der Waals surface area contributed by atoms with Crippen LogP contribution in [-0.4, -0.2) is 38.0 Å². The van der Waals surface area contributed by atoms with Gasteiger partial charge in [-0.15, -0.1) is 0 Å². The van der Waals surface area contributed by atoms with Crippen molar-refractivity contribution in [1.82, 2.24) is 0 Å². The number of quaternary nitrogens is 1. The maximum atomic E-state index is 4.18. The monoisotopic (exact) mass is 113 g/mol. The van der Waals surface area contributed by atoms with Crippen molar-refractivity contribution in [2.45, 2.75) is 6.42 Å². The van der Waals surface area contributed by atoms with Crippen molar-refractivity contribution in [3.05, 3.63) is 0 Å². The van der Waals surface area contributed by atoms with Crippen molar-refractivity contribution in [2.75, 3.05) is 27.3 Å². The third-order valence-corrected chi connectivity index (χ3v) is 1.46. The molecule has 0 saturated carbocycles. The fourth-order valence-corrected chi connectivity index (χ4v) is 0.848. The summed E-state index contributed by atoms with van der Waals surface area (Å²) in [6.07, 6.45) is 3.16. The average Bonchev–Trinajstić information content (AvgIpc) is 1.65. The van der Waals surface area contributed by atoms with Gasteiger partial charge >= 0.3 is 0 Å². The highest BCUT2D eigenvalue weighted by Crippen LogP contribution is 2.01. The fraction of sp³-hybridized carbons (Fsp3) is 0.833. The van der Waals surface area contributed by atoms with Gasteiger partial charge in [0.05, 0.1) is 20.6 Å². The highest BCUT2D eigenvalue weighted by atomic mass is 15.4. The molecule has 2 nitrogen and oxygen atoms in total. The van der Waals surface area contributed by atoms with Gasteiger partial charge in [0.2, 0.25) is 0 Å². The Labute approximate surface area is 50.4 Å². The third-order valence-electron chi connectivity index (χ3n) is 1.46. The van der Waals surface area contributed by atoms with Crippen LogP contribution in [0.1, 0.15) is 6.42 Å². The van der Waals surface area contributed by atoms with E-state index < -0.39 is 0 Å². The van der Waals surface area contributed by atoms with E-state index in [1.807, 2.05) is 6.21 Å². The normalized spacial score (nSPS) is 25.8. The lowest BCUT2D eigenvalue weighted by atomic mass is 10.3. The van der Waals surface area contributed by atoms with Gasteiger partial charge in [0, 0.05) is 12.6 Å². The van der Waals surface area contributed by atoms with E-state index in [4.69, 9.17) is 0 Å². The topological polar surface area (TPSA) is 12.4 Å². The lowest BCUT2D eigenvalue weighted by Gasteiger charge is -2.29. The van der Waals surface area contributed by atoms with Crippen LogP contribution < -0.4 is 0 Å². The van der Waals surface area contributed by atoms with Gasteiger partial charge in [-0.25, -0.2) is 4.99 Å². The van der Waals surface area contributed by atoms with Crippen molar-refractivity contribution in [2.24, 2.45) is 4.99 Å². The Kier molecular flexibility index (Phi) is 1.34. The SMILES string of the molecule is C[N+]1(C)CCC=NC1. The zero-order valence-corrected chi connectivity index (χ0v) is 5.59. The Hall–Kier alpha value is -0.370. The van der Waals surface area contributed by atoms with Crippen LogP contribution in [0.5, 0.6) is 0 Å². The first-order chi connectivity index (χ1) is 3.71. The molecule has 1 rings (SSSR count). The van der Waals surface area contributed by atoms with E-state index in [0.717, 1.165) is 17.6 Å². The Morgan fingerprint density at radius 2 is 2.25 bits per heavy atom. The molecular formula is C6H13N2+. The summed E-state index contributed by atoms with van der Waals surface area (Å²) in [7, 11) is 4.41. The van der Waals surface area contributed by atoms with Gasteiger partial charge in [0.1, 0.15) is 0 Å². The molecule has 0 atom stereocenters. The lowest BCUT2D eigenvalue weighted by Crippen LogP contribution is -2.42. The minimum atomic E-state index is 0.958. The van der Waals surface area contributed by atoms with Crippen LogP contribution in [0.25, 0.3) is 0 Å². The first-order valence-corrected chi connectivity index (χ1v) is 3.01. The highest BCUT2D eigenvalue weighted by molar-refractivity contribution is 5.57. The molecular weight excluding hydrogens is 100 g/mol. The summed E-state index contributed by atoms with van der Waals surface area (Å²) in [6.45, 7) is 2.20. The van der Waals surface area contributed by atoms with Gasteiger partial charge in [0.25, 0.3) is 0 Å². The van der Waals surface area contributed by atoms with Crippen molar-refractivity contribution >= 4 is 6.21 Å². The predicted octanol–water partition coefficient (Wildman–Crippen LogP) is 0.495. The average molecular weight is 113 g/mol. The zero-order valence-electron chi connectivity index (χ0n) is 5.59. The van der Waals surface area contributed by atoms with Crippen molar-refractivity contribution in [1.29, 1.82) is 0 Å². The van der Waals surface area contributed by atoms with Gasteiger partial charge < -0.3 is 4.48 Å². The molecule has 0 N–H and O–H groups in total. The summed E-state index contributed by atoms with van der Waals surface area (Å²) in [5.74, 6) is 0. The highest BCUT2D eigenvalue weighted by Gasteiger charge is 2.14. The Balaban J connectivity index is 2.50. The Bertz CT molecular complexity index is 105. The molecule has 0 aliphatic carbocycles. The van der Waals surface area contributed by atoms with E-state index in [2.05, 4.69) is 19.1 Å². The van der Waals surface area contributed by atoms with Crippen LogP contribution in [0, 0.1) is 0 Å². The van der Waals surface area contributed by atoms with Crippen molar-refractivity contribution in [3.8, 4) is 0 Å². The number of hydrogen-bond acceptors (Lipinski definition) is 1. The second-order valence-corrected chi connectivity index (χ2v) is 2.95. The predicted molar refractivity (Wildman–Crippen MR) is 35.0 cm³/mol. The smallest absolute Gasteiger partial charge is 0.171 e. The van der Waals surface area contributed by atoms with E-state index in [-0.39, 0.29) is 0 Å². The molecule has 0 saturated heterocycles. The molecule has 0 fully saturated rings. The summed E-state index contributed by atoms with van der Waals surface area (Å²) in [4.78, 5) is 4.18. The molecule has 1 heterocycles. The maximum Gasteiger partial charge on any atom is 0.171 e. The van der Waals surface area contributed by atoms with Gasteiger partial charge in [0.15, 0.2) is 6.67 Å². The van der Waals surface area contributed by atoms with Crippen molar-refractivity contribution in [3.63, 3.8) is 0 Å². The number of nitrogens with zero attached hydrogens (tertiary/aromatic N) is 2. The molecule has 0 amide bonds. The van der Waals surface area contributed by atoms with Crippen LogP contribution >= 0.6 is 0 Å². The van der Waals surface area contributed by atoms with Crippen molar-refractivity contribution < 1.29 is 4.48 Å². The largest absolute Gasteiger partial charge is 0.310 e. The molecule has 0 aromatic heterocycles. The Morgan fingerprint density at radius 3 is 2.50 bits per heavy atom. The lowest BCUT2D eigenvalue weighted by molar-refractivity contribution is -0.890. The van der Waals surface area contributed by atoms with Crippen LogP contribution in [0.2, 0.25) is 0 Å². The van der Waals surface area contributed by atoms with Crippen LogP contribution in [0.4, 0.5) is 0 Å². The maximum absolute atomic E-state index is 4.18. The molecule has 8 heavy (non-hydrogen) atoms. The summed E-state index contributed by atoms with van der Waals surface area (Å²) in [5, 5.41) is 0. The molecule has 1 aliphatic rings. The summed E-state index contributed by atoms with van der Waals surface area (Å²) >= 11 is 0. The number of rotatable bonds is 0. The first-order valence-electron chi connectivity index (χ1n) is 3.01. The minimum Gasteiger partial charge on any atom is -0.310 e. The molecule has 0 aromatic rings. The summed E-state index contributed by atoms with van der Waals surface area (Å²) in [5.41, 5.74) is 0. The third kappa shape index (κ3) is 1.30. The first kappa shape index (κ1) is 5.76. The molecule has 1 aliphatic heterocycles. The van der Waals surface area contributed by atoms with E-state index in [1.165, 1.54) is 6.54 Å². The van der Waals surface area contributed by atoms with E-state index >= 15 is 0 Å². The fourth-order valence-electron chi connectivity index (χ4n) is 0.848. The van der Waals surface area contributed by atoms with E-state index in [1.54, 1.807) is 0 Å². The quantitative estimate of drug-likeness (QED) is 0.405. The van der Waals surface area contributed by atoms with Crippen LogP contribution in [0.3, 0.4) is 0 Å². The molecule has 0 spiro atoms. The van der Waals surface area contributed by atoms with E-state index in [0.29, 0.717) is 0 Å². The van der Waals surface area contributed by atoms with Crippen LogP contribution in [-0.2, 0) is 0 Å². The molecule has 0 unspecified atom stereocenters. The molecule has 0 aromatic carbocycles. The van der Waals surface area contributed by atoms with Gasteiger partial charge in [-0.1, -0.05) is 0 Å². The van der Waals surface area contributed by atoms with Gasteiger partial charge in [-0.05, 0) is 0 Å². The standard InChI is InChI=1S/C6H13N2/c1-8(2)5-3-4-7-6-8/h4H,3,5-6H2,1-2H3/q+1. The summed E-state index contributed by atoms with van der Waals surface area (Å²) < 4.78 is 1.05. The van der Waals surface area contributed by atoms with E-state index in [9.17, 15) is 0 Å². The van der Waals surface area contributed by atoms with Gasteiger partial charge in [-0.3, -0.25) is 0 Å². The molecule has 46 valence electrons.